The van der Waals surface area contributed by atoms with Gasteiger partial charge >= 0.3 is 6.16 Å². The molecule has 2 aromatic carbocycles. The van der Waals surface area contributed by atoms with Gasteiger partial charge in [-0.3, -0.25) is 9.59 Å². The highest BCUT2D eigenvalue weighted by atomic mass is 16.7. The molecule has 0 bridgehead atoms. The number of carbonyl (C=O) groups is 3. The normalized spacial score (nSPS) is 12.2. The van der Waals surface area contributed by atoms with Crippen LogP contribution in [0.2, 0.25) is 0 Å². The average Bonchev–Trinajstić information content (AvgIpc) is 2.83. The van der Waals surface area contributed by atoms with Gasteiger partial charge in [-0.2, -0.15) is 0 Å². The maximum atomic E-state index is 12.6. The van der Waals surface area contributed by atoms with Gasteiger partial charge < -0.3 is 25.8 Å². The average molecular weight is 482 g/mol. The first-order valence-electron chi connectivity index (χ1n) is 11.6. The van der Waals surface area contributed by atoms with Crippen LogP contribution in [0, 0.1) is 13.8 Å². The van der Waals surface area contributed by atoms with Gasteiger partial charge in [0.25, 0.3) is 0 Å². The first-order valence-corrected chi connectivity index (χ1v) is 11.6. The lowest BCUT2D eigenvalue weighted by Gasteiger charge is -2.19. The largest absolute Gasteiger partial charge is 0.514 e. The van der Waals surface area contributed by atoms with Crippen molar-refractivity contribution in [1.29, 1.82) is 0 Å². The molecular weight excluding hydrogens is 446 g/mol. The summed E-state index contributed by atoms with van der Waals surface area (Å²) >= 11 is 0. The Balaban J connectivity index is 1.83. The molecule has 35 heavy (non-hydrogen) atoms. The summed E-state index contributed by atoms with van der Waals surface area (Å²) in [7, 11) is 0. The van der Waals surface area contributed by atoms with Gasteiger partial charge in [-0.05, 0) is 74.4 Å². The zero-order valence-corrected chi connectivity index (χ0v) is 20.6. The van der Waals surface area contributed by atoms with Gasteiger partial charge in [0.2, 0.25) is 11.8 Å². The Morgan fingerprint density at radius 3 is 2.37 bits per heavy atom. The van der Waals surface area contributed by atoms with Crippen molar-refractivity contribution in [3.05, 3.63) is 77.4 Å². The molecule has 0 aromatic heterocycles. The number of benzene rings is 2. The molecule has 0 heterocycles. The summed E-state index contributed by atoms with van der Waals surface area (Å²) in [6.45, 7) is 9.38. The van der Waals surface area contributed by atoms with Crippen molar-refractivity contribution < 1.29 is 23.9 Å². The lowest BCUT2D eigenvalue weighted by molar-refractivity contribution is -0.129. The zero-order valence-electron chi connectivity index (χ0n) is 20.6. The molecule has 0 unspecified atom stereocenters. The summed E-state index contributed by atoms with van der Waals surface area (Å²) in [5.74, 6) is -0.326. The third-order valence-corrected chi connectivity index (χ3v) is 5.49. The van der Waals surface area contributed by atoms with E-state index in [9.17, 15) is 14.4 Å². The number of hydrogen-bond acceptors (Lipinski definition) is 6. The van der Waals surface area contributed by atoms with E-state index >= 15 is 0 Å². The Kier molecular flexibility index (Phi) is 11.0. The second-order valence-electron chi connectivity index (χ2n) is 8.41. The fourth-order valence-electron chi connectivity index (χ4n) is 3.59. The Labute approximate surface area is 206 Å². The summed E-state index contributed by atoms with van der Waals surface area (Å²) in [6, 6.07) is 11.9. The van der Waals surface area contributed by atoms with Gasteiger partial charge in [0, 0.05) is 6.54 Å². The molecule has 0 aliphatic rings. The van der Waals surface area contributed by atoms with Gasteiger partial charge in [-0.25, -0.2) is 4.79 Å². The van der Waals surface area contributed by atoms with E-state index in [0.29, 0.717) is 12.3 Å². The van der Waals surface area contributed by atoms with Crippen molar-refractivity contribution in [2.75, 3.05) is 13.2 Å². The van der Waals surface area contributed by atoms with Crippen LogP contribution in [0.15, 0.2) is 55.1 Å². The Bertz CT molecular complexity index is 1000. The molecule has 0 saturated heterocycles. The molecule has 0 saturated carbocycles. The number of ether oxygens (including phenoxy) is 2. The van der Waals surface area contributed by atoms with Crippen LogP contribution in [0.25, 0.3) is 0 Å². The first-order chi connectivity index (χ1) is 16.7. The molecule has 188 valence electrons. The van der Waals surface area contributed by atoms with E-state index in [4.69, 9.17) is 15.2 Å². The van der Waals surface area contributed by atoms with Gasteiger partial charge in [-0.15, -0.1) is 0 Å². The van der Waals surface area contributed by atoms with Crippen LogP contribution in [0.5, 0.6) is 5.75 Å². The van der Waals surface area contributed by atoms with Crippen LogP contribution in [-0.2, 0) is 27.2 Å². The second-order valence-corrected chi connectivity index (χ2v) is 8.41. The Morgan fingerprint density at radius 2 is 1.74 bits per heavy atom. The quantitative estimate of drug-likeness (QED) is 0.185. The number of carbonyl (C=O) groups excluding carboxylic acids is 3. The van der Waals surface area contributed by atoms with Crippen LogP contribution in [0.3, 0.4) is 0 Å². The number of aryl methyl sites for hydroxylation is 3. The molecule has 0 aliphatic carbocycles. The molecule has 2 rings (SSSR count). The number of rotatable bonds is 12. The lowest BCUT2D eigenvalue weighted by atomic mass is 9.96. The van der Waals surface area contributed by atoms with Gasteiger partial charge in [0.1, 0.15) is 18.4 Å². The predicted octanol–water partition coefficient (Wildman–Crippen LogP) is 3.13. The van der Waals surface area contributed by atoms with Crippen LogP contribution < -0.4 is 21.1 Å². The van der Waals surface area contributed by atoms with Crippen molar-refractivity contribution in [3.8, 4) is 5.75 Å². The molecule has 0 aliphatic heterocycles. The molecule has 0 radical (unpaired) electrons. The third kappa shape index (κ3) is 9.25. The van der Waals surface area contributed by atoms with Crippen LogP contribution >= 0.6 is 0 Å². The van der Waals surface area contributed by atoms with E-state index in [-0.39, 0.29) is 18.9 Å². The highest BCUT2D eigenvalue weighted by Gasteiger charge is 2.22. The zero-order chi connectivity index (χ0) is 25.8. The van der Waals surface area contributed by atoms with E-state index in [1.807, 2.05) is 44.2 Å². The van der Waals surface area contributed by atoms with Gasteiger partial charge in [0.15, 0.2) is 0 Å². The van der Waals surface area contributed by atoms with Gasteiger partial charge in [-0.1, -0.05) is 43.0 Å². The fraction of sp³-hybridized carbons (Fsp3) is 0.370. The summed E-state index contributed by atoms with van der Waals surface area (Å²) < 4.78 is 9.99. The predicted molar refractivity (Wildman–Crippen MR) is 135 cm³/mol. The molecule has 8 heteroatoms. The SMILES string of the molecule is C=CCOC(=O)Oc1cc(C)c(C[C@@H](N)C(=O)N[C@H](C)C(=O)NCCCc2ccccc2)c(C)c1. The van der Waals surface area contributed by atoms with Crippen LogP contribution in [0.4, 0.5) is 4.79 Å². The number of amides is 2. The summed E-state index contributed by atoms with van der Waals surface area (Å²) in [4.78, 5) is 36.6. The smallest absolute Gasteiger partial charge is 0.430 e. The summed E-state index contributed by atoms with van der Waals surface area (Å²) in [5.41, 5.74) is 9.87. The number of nitrogens with one attached hydrogen (secondary N) is 2. The van der Waals surface area contributed by atoms with E-state index in [2.05, 4.69) is 17.2 Å². The molecule has 2 amide bonds. The van der Waals surface area contributed by atoms with Crippen LogP contribution in [-0.4, -0.2) is 43.2 Å². The van der Waals surface area contributed by atoms with Crippen molar-refractivity contribution >= 4 is 18.0 Å². The Morgan fingerprint density at radius 1 is 1.09 bits per heavy atom. The van der Waals surface area contributed by atoms with Gasteiger partial charge in [0.05, 0.1) is 6.04 Å². The van der Waals surface area contributed by atoms with Crippen molar-refractivity contribution in [2.24, 2.45) is 5.73 Å². The van der Waals surface area contributed by atoms with Crippen molar-refractivity contribution in [1.82, 2.24) is 10.6 Å². The number of nitrogens with two attached hydrogens (primary N) is 1. The van der Waals surface area contributed by atoms with E-state index in [1.54, 1.807) is 19.1 Å². The third-order valence-electron chi connectivity index (χ3n) is 5.49. The fourth-order valence-corrected chi connectivity index (χ4v) is 3.59. The minimum absolute atomic E-state index is 0.0585. The second kappa shape index (κ2) is 13.9. The molecule has 0 spiro atoms. The molecule has 0 fully saturated rings. The van der Waals surface area contributed by atoms with Crippen molar-refractivity contribution in [2.45, 2.75) is 52.1 Å². The minimum atomic E-state index is -0.843. The standard InChI is InChI=1S/C27H35N3O5/c1-5-14-34-27(33)35-22-15-18(2)23(19(3)16-22)17-24(28)26(32)30-20(4)25(31)29-13-9-12-21-10-7-6-8-11-21/h5-8,10-11,15-16,20,24H,1,9,12-14,17,28H2,2-4H3,(H,29,31)(H,30,32)/t20-,24-/m1/s1. The monoisotopic (exact) mass is 481 g/mol. The molecule has 2 atom stereocenters. The molecule has 2 aromatic rings. The summed E-state index contributed by atoms with van der Waals surface area (Å²) in [6.07, 6.45) is 2.57. The topological polar surface area (TPSA) is 120 Å². The van der Waals surface area contributed by atoms with Crippen LogP contribution in [0.1, 0.15) is 35.6 Å². The minimum Gasteiger partial charge on any atom is -0.430 e. The molecule has 8 nitrogen and oxygen atoms in total. The maximum absolute atomic E-state index is 12.6. The summed E-state index contributed by atoms with van der Waals surface area (Å²) in [5, 5.41) is 5.53. The molecule has 4 N–H and O–H groups in total. The van der Waals surface area contributed by atoms with E-state index in [0.717, 1.165) is 29.5 Å². The Hall–Kier alpha value is -3.65. The molecular formula is C27H35N3O5. The lowest BCUT2D eigenvalue weighted by Crippen LogP contribution is -2.51. The maximum Gasteiger partial charge on any atom is 0.514 e. The van der Waals surface area contributed by atoms with Crippen molar-refractivity contribution in [3.63, 3.8) is 0 Å². The highest BCUT2D eigenvalue weighted by molar-refractivity contribution is 5.89. The van der Waals surface area contributed by atoms with E-state index in [1.165, 1.54) is 11.6 Å². The first kappa shape index (κ1) is 27.6. The number of hydrogen-bond donors (Lipinski definition) is 3. The highest BCUT2D eigenvalue weighted by Crippen LogP contribution is 2.23. The van der Waals surface area contributed by atoms with E-state index < -0.39 is 24.1 Å².